The number of phenols is 1. The van der Waals surface area contributed by atoms with Gasteiger partial charge in [-0.15, -0.1) is 0 Å². The van der Waals surface area contributed by atoms with Gasteiger partial charge in [-0.2, -0.15) is 0 Å². The number of hydrogen-bond acceptors (Lipinski definition) is 7. The van der Waals surface area contributed by atoms with Crippen LogP contribution in [0.5, 0.6) is 23.0 Å². The fraction of sp³-hybridized carbons (Fsp3) is 0.440. The van der Waals surface area contributed by atoms with Crippen LogP contribution in [0, 0.1) is 5.92 Å². The molecule has 0 saturated carbocycles. The number of phenolic OH excluding ortho intramolecular Hbond substituents is 1. The van der Waals surface area contributed by atoms with Gasteiger partial charge in [0.2, 0.25) is 11.7 Å². The molecule has 2 aromatic carbocycles. The SMILES string of the molecule is COc1cc(CNC(=O)NC(=O)C2CCN(CCc3cccc(O)c3)CC2)cc(OC)c1OC. The first-order valence-electron chi connectivity index (χ1n) is 11.3. The maximum absolute atomic E-state index is 12.6. The van der Waals surface area contributed by atoms with Crippen LogP contribution in [0.3, 0.4) is 0 Å². The van der Waals surface area contributed by atoms with Crippen molar-refractivity contribution in [3.63, 3.8) is 0 Å². The molecular weight excluding hydrogens is 438 g/mol. The third-order valence-corrected chi connectivity index (χ3v) is 6.00. The van der Waals surface area contributed by atoms with Crippen LogP contribution in [0.15, 0.2) is 36.4 Å². The second-order valence-electron chi connectivity index (χ2n) is 8.24. The Balaban J connectivity index is 1.42. The third-order valence-electron chi connectivity index (χ3n) is 6.00. The lowest BCUT2D eigenvalue weighted by Crippen LogP contribution is -2.45. The van der Waals surface area contributed by atoms with Crippen LogP contribution >= 0.6 is 0 Å². The summed E-state index contributed by atoms with van der Waals surface area (Å²) >= 11 is 0. The molecule has 0 atom stereocenters. The predicted molar refractivity (Wildman–Crippen MR) is 127 cm³/mol. The van der Waals surface area contributed by atoms with E-state index in [9.17, 15) is 14.7 Å². The number of benzene rings is 2. The maximum Gasteiger partial charge on any atom is 0.321 e. The molecule has 0 aromatic heterocycles. The van der Waals surface area contributed by atoms with E-state index in [1.165, 1.54) is 21.3 Å². The van der Waals surface area contributed by atoms with Gasteiger partial charge in [-0.05, 0) is 67.7 Å². The standard InChI is InChI=1S/C25H33N3O6/c1-32-21-14-18(15-22(33-2)23(21)34-3)16-26-25(31)27-24(30)19-8-11-28(12-9-19)10-7-17-5-4-6-20(29)13-17/h4-6,13-15,19,29H,7-12,16H2,1-3H3,(H2,26,27,30,31). The van der Waals surface area contributed by atoms with Gasteiger partial charge in [0.05, 0.1) is 21.3 Å². The van der Waals surface area contributed by atoms with Crippen molar-refractivity contribution in [3.05, 3.63) is 47.5 Å². The Hall–Kier alpha value is -3.46. The van der Waals surface area contributed by atoms with Crippen LogP contribution in [0.1, 0.15) is 24.0 Å². The lowest BCUT2D eigenvalue weighted by atomic mass is 9.95. The van der Waals surface area contributed by atoms with E-state index in [2.05, 4.69) is 15.5 Å². The molecule has 3 amide bonds. The van der Waals surface area contributed by atoms with Crippen LogP contribution in [-0.2, 0) is 17.8 Å². The minimum absolute atomic E-state index is 0.191. The van der Waals surface area contributed by atoms with Crippen molar-refractivity contribution in [3.8, 4) is 23.0 Å². The summed E-state index contributed by atoms with van der Waals surface area (Å²) in [6.45, 7) is 2.66. The predicted octanol–water partition coefficient (Wildman–Crippen LogP) is 2.70. The zero-order chi connectivity index (χ0) is 24.5. The van der Waals surface area contributed by atoms with Gasteiger partial charge in [0, 0.05) is 19.0 Å². The number of aromatic hydroxyl groups is 1. The van der Waals surface area contributed by atoms with Crippen molar-refractivity contribution in [2.24, 2.45) is 5.92 Å². The topological polar surface area (TPSA) is 109 Å². The van der Waals surface area contributed by atoms with Crippen molar-refractivity contribution >= 4 is 11.9 Å². The highest BCUT2D eigenvalue weighted by Crippen LogP contribution is 2.38. The van der Waals surface area contributed by atoms with E-state index >= 15 is 0 Å². The number of amides is 3. The molecule has 1 heterocycles. The van der Waals surface area contributed by atoms with Gasteiger partial charge in [0.1, 0.15) is 5.75 Å². The molecule has 0 radical (unpaired) electrons. The Kier molecular flexibility index (Phi) is 8.98. The largest absolute Gasteiger partial charge is 0.508 e. The summed E-state index contributed by atoms with van der Waals surface area (Å²) in [7, 11) is 4.58. The van der Waals surface area contributed by atoms with Gasteiger partial charge < -0.3 is 29.5 Å². The molecule has 1 aliphatic rings. The summed E-state index contributed by atoms with van der Waals surface area (Å²) in [5, 5.41) is 14.7. The van der Waals surface area contributed by atoms with E-state index in [0.29, 0.717) is 30.1 Å². The first-order chi connectivity index (χ1) is 16.4. The molecule has 0 spiro atoms. The molecule has 3 N–H and O–H groups in total. The highest BCUT2D eigenvalue weighted by molar-refractivity contribution is 5.95. The minimum Gasteiger partial charge on any atom is -0.508 e. The van der Waals surface area contributed by atoms with E-state index in [4.69, 9.17) is 14.2 Å². The third kappa shape index (κ3) is 6.77. The van der Waals surface area contributed by atoms with Gasteiger partial charge >= 0.3 is 6.03 Å². The molecule has 184 valence electrons. The minimum atomic E-state index is -0.537. The zero-order valence-corrected chi connectivity index (χ0v) is 19.9. The average molecular weight is 472 g/mol. The molecular formula is C25H33N3O6. The first-order valence-corrected chi connectivity index (χ1v) is 11.3. The van der Waals surface area contributed by atoms with Crippen molar-refractivity contribution in [1.82, 2.24) is 15.5 Å². The summed E-state index contributed by atoms with van der Waals surface area (Å²) in [6.07, 6.45) is 2.24. The Morgan fingerprint density at radius 2 is 1.68 bits per heavy atom. The number of nitrogens with one attached hydrogen (secondary N) is 2. The monoisotopic (exact) mass is 471 g/mol. The van der Waals surface area contributed by atoms with Crippen molar-refractivity contribution < 1.29 is 28.9 Å². The van der Waals surface area contributed by atoms with Gasteiger partial charge in [-0.3, -0.25) is 10.1 Å². The zero-order valence-electron chi connectivity index (χ0n) is 19.9. The lowest BCUT2D eigenvalue weighted by Gasteiger charge is -2.31. The molecule has 9 heteroatoms. The number of nitrogens with zero attached hydrogens (tertiary/aromatic N) is 1. The number of piperidine rings is 1. The quantitative estimate of drug-likeness (QED) is 0.516. The molecule has 34 heavy (non-hydrogen) atoms. The number of carbonyl (C=O) groups excluding carboxylic acids is 2. The van der Waals surface area contributed by atoms with Crippen molar-refractivity contribution in [2.75, 3.05) is 41.0 Å². The molecule has 0 bridgehead atoms. The molecule has 9 nitrogen and oxygen atoms in total. The smallest absolute Gasteiger partial charge is 0.321 e. The number of methoxy groups -OCH3 is 3. The molecule has 1 saturated heterocycles. The van der Waals surface area contributed by atoms with Crippen LogP contribution in [0.2, 0.25) is 0 Å². The fourth-order valence-corrected chi connectivity index (χ4v) is 4.10. The highest BCUT2D eigenvalue weighted by atomic mass is 16.5. The summed E-state index contributed by atoms with van der Waals surface area (Å²) in [4.78, 5) is 27.1. The first kappa shape index (κ1) is 25.2. The van der Waals surface area contributed by atoms with Gasteiger partial charge in [0.25, 0.3) is 0 Å². The summed E-state index contributed by atoms with van der Waals surface area (Å²) in [5.74, 6) is 1.29. The number of carbonyl (C=O) groups is 2. The number of ether oxygens (including phenoxy) is 3. The molecule has 1 fully saturated rings. The van der Waals surface area contributed by atoms with E-state index < -0.39 is 6.03 Å². The van der Waals surface area contributed by atoms with Crippen LogP contribution in [0.4, 0.5) is 4.79 Å². The summed E-state index contributed by atoms with van der Waals surface area (Å²) in [6, 6.07) is 10.2. The van der Waals surface area contributed by atoms with Gasteiger partial charge in [-0.25, -0.2) is 4.79 Å². The van der Waals surface area contributed by atoms with Gasteiger partial charge in [0.15, 0.2) is 11.5 Å². The fourth-order valence-electron chi connectivity index (χ4n) is 4.10. The summed E-state index contributed by atoms with van der Waals surface area (Å²) < 4.78 is 15.9. The van der Waals surface area contributed by atoms with Crippen molar-refractivity contribution in [2.45, 2.75) is 25.8 Å². The van der Waals surface area contributed by atoms with Crippen LogP contribution in [0.25, 0.3) is 0 Å². The number of likely N-dealkylation sites (tertiary alicyclic amines) is 1. The van der Waals surface area contributed by atoms with Crippen molar-refractivity contribution in [1.29, 1.82) is 0 Å². The molecule has 2 aromatic rings. The molecule has 1 aliphatic heterocycles. The Morgan fingerprint density at radius 1 is 1.00 bits per heavy atom. The summed E-state index contributed by atoms with van der Waals surface area (Å²) in [5.41, 5.74) is 1.83. The molecule has 3 rings (SSSR count). The lowest BCUT2D eigenvalue weighted by molar-refractivity contribution is -0.125. The van der Waals surface area contributed by atoms with Crippen LogP contribution < -0.4 is 24.8 Å². The maximum atomic E-state index is 12.6. The second kappa shape index (κ2) is 12.1. The molecule has 0 unspecified atom stereocenters. The Bertz CT molecular complexity index is 963. The number of hydrogen-bond donors (Lipinski definition) is 3. The normalized spacial score (nSPS) is 14.3. The van der Waals surface area contributed by atoms with E-state index in [-0.39, 0.29) is 24.1 Å². The molecule has 0 aliphatic carbocycles. The number of rotatable bonds is 9. The Labute approximate surface area is 200 Å². The number of imide groups is 1. The van der Waals surface area contributed by atoms with E-state index in [1.54, 1.807) is 24.3 Å². The van der Waals surface area contributed by atoms with E-state index in [1.807, 2.05) is 12.1 Å². The second-order valence-corrected chi connectivity index (χ2v) is 8.24. The van der Waals surface area contributed by atoms with E-state index in [0.717, 1.165) is 37.2 Å². The highest BCUT2D eigenvalue weighted by Gasteiger charge is 2.26. The average Bonchev–Trinajstić information content (AvgIpc) is 2.85. The van der Waals surface area contributed by atoms with Crippen LogP contribution in [-0.4, -0.2) is 62.9 Å². The van der Waals surface area contributed by atoms with Gasteiger partial charge in [-0.1, -0.05) is 12.1 Å². The number of urea groups is 1. The Morgan fingerprint density at radius 3 is 2.26 bits per heavy atom.